The molecule has 0 amide bonds. The van der Waals surface area contributed by atoms with E-state index in [0.717, 1.165) is 29.2 Å². The number of fused-ring (bicyclic) bond motifs is 1. The first-order valence-electron chi connectivity index (χ1n) is 6.24. The second-order valence-electron chi connectivity index (χ2n) is 5.41. The summed E-state index contributed by atoms with van der Waals surface area (Å²) >= 11 is 6.01. The number of hydrogen-bond donors (Lipinski definition) is 0. The van der Waals surface area contributed by atoms with Crippen molar-refractivity contribution in [2.24, 2.45) is 5.41 Å². The minimum absolute atomic E-state index is 0.428. The standard InChI is InChI=1S/C14H17ClN2O/c1-14(5-6-14)9-17-12-7-10(18-2)3-4-11(12)16-13(17)8-15/h3-4,7H,5-6,8-9H2,1-2H3. The maximum absolute atomic E-state index is 6.01. The van der Waals surface area contributed by atoms with Crippen LogP contribution in [0.1, 0.15) is 25.6 Å². The van der Waals surface area contributed by atoms with Crippen molar-refractivity contribution in [1.82, 2.24) is 9.55 Å². The largest absolute Gasteiger partial charge is 0.497 e. The lowest BCUT2D eigenvalue weighted by Crippen LogP contribution is -2.10. The van der Waals surface area contributed by atoms with Gasteiger partial charge in [-0.3, -0.25) is 0 Å². The highest BCUT2D eigenvalue weighted by Gasteiger charge is 2.38. The van der Waals surface area contributed by atoms with Gasteiger partial charge in [0.15, 0.2) is 0 Å². The molecule has 96 valence electrons. The second-order valence-corrected chi connectivity index (χ2v) is 5.68. The van der Waals surface area contributed by atoms with Gasteiger partial charge in [0, 0.05) is 12.6 Å². The van der Waals surface area contributed by atoms with Gasteiger partial charge in [0.2, 0.25) is 0 Å². The third-order valence-corrected chi connectivity index (χ3v) is 4.04. The van der Waals surface area contributed by atoms with Gasteiger partial charge in [0.25, 0.3) is 0 Å². The smallest absolute Gasteiger partial charge is 0.124 e. The minimum atomic E-state index is 0.428. The predicted octanol–water partition coefficient (Wildman–Crippen LogP) is 3.58. The van der Waals surface area contributed by atoms with Crippen LogP contribution in [-0.2, 0) is 12.4 Å². The number of nitrogens with zero attached hydrogens (tertiary/aromatic N) is 2. The molecule has 3 nitrogen and oxygen atoms in total. The predicted molar refractivity (Wildman–Crippen MR) is 73.2 cm³/mol. The Morgan fingerprint density at radius 3 is 2.83 bits per heavy atom. The quantitative estimate of drug-likeness (QED) is 0.789. The average Bonchev–Trinajstić information content (AvgIpc) is 3.01. The van der Waals surface area contributed by atoms with Crippen molar-refractivity contribution in [3.63, 3.8) is 0 Å². The van der Waals surface area contributed by atoms with Crippen molar-refractivity contribution < 1.29 is 4.74 Å². The van der Waals surface area contributed by atoms with Gasteiger partial charge in [0.1, 0.15) is 11.6 Å². The van der Waals surface area contributed by atoms with Gasteiger partial charge in [-0.15, -0.1) is 11.6 Å². The van der Waals surface area contributed by atoms with E-state index >= 15 is 0 Å². The third-order valence-electron chi connectivity index (χ3n) is 3.80. The van der Waals surface area contributed by atoms with E-state index in [2.05, 4.69) is 16.5 Å². The van der Waals surface area contributed by atoms with E-state index < -0.39 is 0 Å². The van der Waals surface area contributed by atoms with E-state index in [1.165, 1.54) is 12.8 Å². The number of hydrogen-bond acceptors (Lipinski definition) is 2. The molecule has 0 bridgehead atoms. The van der Waals surface area contributed by atoms with Crippen molar-refractivity contribution in [1.29, 1.82) is 0 Å². The molecular weight excluding hydrogens is 248 g/mol. The molecule has 0 spiro atoms. The molecule has 0 N–H and O–H groups in total. The first kappa shape index (κ1) is 11.8. The molecule has 0 saturated heterocycles. The average molecular weight is 265 g/mol. The fourth-order valence-electron chi connectivity index (χ4n) is 2.31. The number of rotatable bonds is 4. The molecule has 0 atom stereocenters. The highest BCUT2D eigenvalue weighted by atomic mass is 35.5. The monoisotopic (exact) mass is 264 g/mol. The fraction of sp³-hybridized carbons (Fsp3) is 0.500. The Kier molecular flexibility index (Phi) is 2.74. The van der Waals surface area contributed by atoms with Crippen LogP contribution in [-0.4, -0.2) is 16.7 Å². The summed E-state index contributed by atoms with van der Waals surface area (Å²) < 4.78 is 7.54. The zero-order valence-electron chi connectivity index (χ0n) is 10.7. The zero-order chi connectivity index (χ0) is 12.8. The third kappa shape index (κ3) is 1.97. The minimum Gasteiger partial charge on any atom is -0.497 e. The molecule has 2 aromatic rings. The van der Waals surface area contributed by atoms with E-state index in [-0.39, 0.29) is 0 Å². The molecule has 1 aromatic heterocycles. The number of imidazole rings is 1. The van der Waals surface area contributed by atoms with Crippen molar-refractivity contribution in [2.45, 2.75) is 32.2 Å². The van der Waals surface area contributed by atoms with Crippen molar-refractivity contribution in [3.05, 3.63) is 24.0 Å². The van der Waals surface area contributed by atoms with E-state index in [1.807, 2.05) is 18.2 Å². The molecule has 0 unspecified atom stereocenters. The molecule has 0 radical (unpaired) electrons. The Bertz CT molecular complexity index is 587. The highest BCUT2D eigenvalue weighted by molar-refractivity contribution is 6.16. The van der Waals surface area contributed by atoms with Crippen molar-refractivity contribution in [3.8, 4) is 5.75 Å². The molecule has 1 fully saturated rings. The first-order chi connectivity index (χ1) is 8.65. The lowest BCUT2D eigenvalue weighted by atomic mass is 10.1. The van der Waals surface area contributed by atoms with E-state index in [9.17, 15) is 0 Å². The Balaban J connectivity index is 2.12. The zero-order valence-corrected chi connectivity index (χ0v) is 11.5. The lowest BCUT2D eigenvalue weighted by molar-refractivity contribution is 0.414. The van der Waals surface area contributed by atoms with Gasteiger partial charge >= 0.3 is 0 Å². The molecule has 4 heteroatoms. The van der Waals surface area contributed by atoms with Crippen LogP contribution >= 0.6 is 11.6 Å². The van der Waals surface area contributed by atoms with Crippen LogP contribution in [0.5, 0.6) is 5.75 Å². The van der Waals surface area contributed by atoms with Crippen molar-refractivity contribution >= 4 is 22.6 Å². The summed E-state index contributed by atoms with van der Waals surface area (Å²) in [5, 5.41) is 0. The Hall–Kier alpha value is -1.22. The first-order valence-corrected chi connectivity index (χ1v) is 6.78. The summed E-state index contributed by atoms with van der Waals surface area (Å²) in [6.07, 6.45) is 2.58. The molecular formula is C14H17ClN2O. The summed E-state index contributed by atoms with van der Waals surface area (Å²) in [5.74, 6) is 2.27. The van der Waals surface area contributed by atoms with Crippen molar-refractivity contribution in [2.75, 3.05) is 7.11 Å². The molecule has 1 saturated carbocycles. The van der Waals surface area contributed by atoms with E-state index in [1.54, 1.807) is 7.11 Å². The molecule has 1 aromatic carbocycles. The van der Waals surface area contributed by atoms with Gasteiger partial charge in [-0.1, -0.05) is 6.92 Å². The van der Waals surface area contributed by atoms with Gasteiger partial charge < -0.3 is 9.30 Å². The number of halogens is 1. The molecule has 0 aliphatic heterocycles. The Labute approximate surface area is 112 Å². The number of alkyl halides is 1. The number of aromatic nitrogens is 2. The number of methoxy groups -OCH3 is 1. The summed E-state index contributed by atoms with van der Waals surface area (Å²) in [6.45, 7) is 3.32. The van der Waals surface area contributed by atoms with Gasteiger partial charge in [-0.25, -0.2) is 4.98 Å². The van der Waals surface area contributed by atoms with Gasteiger partial charge in [0.05, 0.1) is 24.0 Å². The van der Waals surface area contributed by atoms with Gasteiger partial charge in [-0.2, -0.15) is 0 Å². The maximum atomic E-state index is 6.01. The van der Waals surface area contributed by atoms with Crippen LogP contribution in [0.15, 0.2) is 18.2 Å². The van der Waals surface area contributed by atoms with Crippen LogP contribution in [0, 0.1) is 5.41 Å². The molecule has 3 rings (SSSR count). The summed E-state index contributed by atoms with van der Waals surface area (Å²) in [5.41, 5.74) is 2.55. The summed E-state index contributed by atoms with van der Waals surface area (Å²) in [4.78, 5) is 4.59. The molecule has 1 heterocycles. The SMILES string of the molecule is COc1ccc2nc(CCl)n(CC3(C)CC3)c2c1. The maximum Gasteiger partial charge on any atom is 0.124 e. The van der Waals surface area contributed by atoms with Crippen LogP contribution < -0.4 is 4.74 Å². The number of ether oxygens (including phenoxy) is 1. The van der Waals surface area contributed by atoms with Crippen LogP contribution in [0.2, 0.25) is 0 Å². The second kappa shape index (κ2) is 4.16. The topological polar surface area (TPSA) is 27.1 Å². The normalized spacial score (nSPS) is 17.1. The Morgan fingerprint density at radius 1 is 1.44 bits per heavy atom. The number of benzene rings is 1. The van der Waals surface area contributed by atoms with E-state index in [0.29, 0.717) is 11.3 Å². The van der Waals surface area contributed by atoms with Crippen LogP contribution in [0.4, 0.5) is 0 Å². The Morgan fingerprint density at radius 2 is 2.22 bits per heavy atom. The molecule has 1 aliphatic rings. The summed E-state index contributed by atoms with van der Waals surface area (Å²) in [7, 11) is 1.69. The molecule has 18 heavy (non-hydrogen) atoms. The molecule has 1 aliphatic carbocycles. The summed E-state index contributed by atoms with van der Waals surface area (Å²) in [6, 6.07) is 5.98. The fourth-order valence-corrected chi connectivity index (χ4v) is 2.52. The van der Waals surface area contributed by atoms with Crippen LogP contribution in [0.3, 0.4) is 0 Å². The highest BCUT2D eigenvalue weighted by Crippen LogP contribution is 2.47. The lowest BCUT2D eigenvalue weighted by Gasteiger charge is -2.13. The van der Waals surface area contributed by atoms with E-state index in [4.69, 9.17) is 16.3 Å². The van der Waals surface area contributed by atoms with Crippen LogP contribution in [0.25, 0.3) is 11.0 Å². The van der Waals surface area contributed by atoms with Gasteiger partial charge in [-0.05, 0) is 30.4 Å².